The molecule has 0 unspecified atom stereocenters. The van der Waals surface area contributed by atoms with E-state index >= 15 is 0 Å². The van der Waals surface area contributed by atoms with Crippen LogP contribution in [-0.2, 0) is 10.0 Å². The second-order valence-corrected chi connectivity index (χ2v) is 8.01. The van der Waals surface area contributed by atoms with E-state index in [0.29, 0.717) is 15.6 Å². The van der Waals surface area contributed by atoms with Gasteiger partial charge in [-0.25, -0.2) is 8.42 Å². The molecule has 0 bridgehead atoms. The maximum atomic E-state index is 12.7. The number of hydrogen-bond donors (Lipinski definition) is 1. The lowest BCUT2D eigenvalue weighted by atomic mass is 10.0. The van der Waals surface area contributed by atoms with E-state index in [9.17, 15) is 26.4 Å². The first-order valence-corrected chi connectivity index (χ1v) is 9.50. The molecule has 1 aliphatic heterocycles. The number of halogens is 4. The van der Waals surface area contributed by atoms with E-state index in [1.807, 2.05) is 0 Å². The van der Waals surface area contributed by atoms with Gasteiger partial charge >= 0.3 is 6.18 Å². The fraction of sp³-hybridized carbons (Fsp3) is 0.533. The Hall–Kier alpha value is -1.52. The number of nitrogens with zero attached hydrogens (tertiary/aromatic N) is 2. The summed E-state index contributed by atoms with van der Waals surface area (Å²) in [4.78, 5) is 13.9. The molecule has 1 fully saturated rings. The molecule has 0 aliphatic carbocycles. The van der Waals surface area contributed by atoms with Crippen molar-refractivity contribution in [1.29, 1.82) is 0 Å². The highest BCUT2D eigenvalue weighted by molar-refractivity contribution is 7.88. The number of carbonyl (C=O) groups is 1. The van der Waals surface area contributed by atoms with Gasteiger partial charge < -0.3 is 10.6 Å². The highest BCUT2D eigenvalue weighted by Crippen LogP contribution is 2.25. The van der Waals surface area contributed by atoms with Gasteiger partial charge in [-0.15, -0.1) is 12.4 Å². The number of hydrogen-bond acceptors (Lipinski definition) is 4. The third-order valence-electron chi connectivity index (χ3n) is 4.05. The molecule has 2 rings (SSSR count). The lowest BCUT2D eigenvalue weighted by Crippen LogP contribution is -2.51. The molecule has 1 aromatic carbocycles. The summed E-state index contributed by atoms with van der Waals surface area (Å²) >= 11 is 0. The minimum absolute atomic E-state index is 0. The number of carbonyl (C=O) groups excluding carboxylic acids is 1. The number of sulfonamides is 1. The average Bonchev–Trinajstić information content (AvgIpc) is 2.50. The number of likely N-dealkylation sites (tertiary alicyclic amines) is 1. The molecular weight excluding hydrogens is 395 g/mol. The molecule has 0 radical (unpaired) electrons. The monoisotopic (exact) mass is 415 g/mol. The van der Waals surface area contributed by atoms with Crippen molar-refractivity contribution in [3.8, 4) is 0 Å². The zero-order valence-corrected chi connectivity index (χ0v) is 15.7. The Labute approximate surface area is 156 Å². The van der Waals surface area contributed by atoms with Crippen LogP contribution in [0, 0.1) is 0 Å². The molecule has 1 saturated heterocycles. The molecule has 0 aromatic heterocycles. The maximum Gasteiger partial charge on any atom is 0.402 e. The van der Waals surface area contributed by atoms with Crippen LogP contribution in [0.1, 0.15) is 23.2 Å². The second-order valence-electron chi connectivity index (χ2n) is 6.07. The molecule has 1 amide bonds. The molecule has 6 nitrogen and oxygen atoms in total. The van der Waals surface area contributed by atoms with Gasteiger partial charge in [-0.05, 0) is 31.0 Å². The Balaban J connectivity index is 0.00000338. The standard InChI is InChI=1S/C15H20F3N3O3S.ClH/c1-25(23,24)21(10-15(16,17)18)13-5-7-20(8-6-13)14(22)11-3-2-4-12(19)9-11;/h2-4,9,13H,5-8,10,19H2,1H3;1H. The Morgan fingerprint density at radius 3 is 2.35 bits per heavy atom. The third kappa shape index (κ3) is 6.03. The van der Waals surface area contributed by atoms with E-state index in [0.717, 1.165) is 6.26 Å². The normalized spacial score (nSPS) is 16.4. The summed E-state index contributed by atoms with van der Waals surface area (Å²) < 4.78 is 61.9. The van der Waals surface area contributed by atoms with Crippen molar-refractivity contribution in [2.45, 2.75) is 25.1 Å². The zero-order chi connectivity index (χ0) is 18.8. The molecule has 1 heterocycles. The first-order chi connectivity index (χ1) is 11.5. The minimum atomic E-state index is -4.61. The van der Waals surface area contributed by atoms with E-state index in [2.05, 4.69) is 0 Å². The predicted molar refractivity (Wildman–Crippen MR) is 94.6 cm³/mol. The summed E-state index contributed by atoms with van der Waals surface area (Å²) in [6, 6.07) is 5.65. The summed E-state index contributed by atoms with van der Waals surface area (Å²) in [6.45, 7) is -1.15. The van der Waals surface area contributed by atoms with Crippen molar-refractivity contribution < 1.29 is 26.4 Å². The van der Waals surface area contributed by atoms with Crippen molar-refractivity contribution in [3.63, 3.8) is 0 Å². The SMILES string of the molecule is CS(=O)(=O)N(CC(F)(F)F)C1CCN(C(=O)c2cccc(N)c2)CC1.Cl. The van der Waals surface area contributed by atoms with Gasteiger partial charge in [0.25, 0.3) is 5.91 Å². The summed E-state index contributed by atoms with van der Waals surface area (Å²) in [5.41, 5.74) is 6.48. The van der Waals surface area contributed by atoms with E-state index in [1.165, 1.54) is 11.0 Å². The molecule has 1 aliphatic rings. The molecule has 1 aromatic rings. The van der Waals surface area contributed by atoms with Gasteiger partial charge in [-0.1, -0.05) is 6.07 Å². The lowest BCUT2D eigenvalue weighted by Gasteiger charge is -2.37. The van der Waals surface area contributed by atoms with Gasteiger partial charge in [-0.2, -0.15) is 17.5 Å². The van der Waals surface area contributed by atoms with Crippen molar-refractivity contribution >= 4 is 34.0 Å². The molecule has 0 spiro atoms. The summed E-state index contributed by atoms with van der Waals surface area (Å²) in [5, 5.41) is 0. The molecule has 2 N–H and O–H groups in total. The maximum absolute atomic E-state index is 12.7. The van der Waals surface area contributed by atoms with Gasteiger partial charge in [0.15, 0.2) is 0 Å². The van der Waals surface area contributed by atoms with E-state index in [1.54, 1.807) is 18.2 Å². The number of nitrogen functional groups attached to an aromatic ring is 1. The van der Waals surface area contributed by atoms with Crippen LogP contribution in [0.15, 0.2) is 24.3 Å². The van der Waals surface area contributed by atoms with Crippen LogP contribution in [0.25, 0.3) is 0 Å². The van der Waals surface area contributed by atoms with Gasteiger partial charge in [0.2, 0.25) is 10.0 Å². The molecule has 148 valence electrons. The van der Waals surface area contributed by atoms with Crippen molar-refractivity contribution in [2.75, 3.05) is 31.6 Å². The van der Waals surface area contributed by atoms with Crippen LogP contribution >= 0.6 is 12.4 Å². The Bertz CT molecular complexity index is 735. The highest BCUT2D eigenvalue weighted by atomic mass is 35.5. The van der Waals surface area contributed by atoms with E-state index < -0.39 is 28.8 Å². The third-order valence-corrected chi connectivity index (χ3v) is 5.33. The van der Waals surface area contributed by atoms with Crippen molar-refractivity contribution in [1.82, 2.24) is 9.21 Å². The van der Waals surface area contributed by atoms with Gasteiger partial charge in [0, 0.05) is 30.4 Å². The number of piperidine rings is 1. The van der Waals surface area contributed by atoms with Crippen LogP contribution in [0.2, 0.25) is 0 Å². The average molecular weight is 416 g/mol. The predicted octanol–water partition coefficient (Wildman–Crippen LogP) is 2.12. The zero-order valence-electron chi connectivity index (χ0n) is 14.1. The molecule has 0 saturated carbocycles. The van der Waals surface area contributed by atoms with Crippen LogP contribution in [-0.4, -0.2) is 61.6 Å². The number of alkyl halides is 3. The summed E-state index contributed by atoms with van der Waals surface area (Å²) in [6.07, 6.45) is -3.55. The molecule has 0 atom stereocenters. The van der Waals surface area contributed by atoms with Crippen LogP contribution in [0.4, 0.5) is 18.9 Å². The number of anilines is 1. The summed E-state index contributed by atoms with van der Waals surface area (Å²) in [7, 11) is -4.00. The quantitative estimate of drug-likeness (QED) is 0.763. The highest BCUT2D eigenvalue weighted by Gasteiger charge is 2.40. The van der Waals surface area contributed by atoms with Gasteiger partial charge in [-0.3, -0.25) is 4.79 Å². The topological polar surface area (TPSA) is 83.7 Å². The Morgan fingerprint density at radius 2 is 1.88 bits per heavy atom. The lowest BCUT2D eigenvalue weighted by molar-refractivity contribution is -0.140. The first-order valence-electron chi connectivity index (χ1n) is 7.66. The van der Waals surface area contributed by atoms with E-state index in [-0.39, 0.29) is 44.2 Å². The second kappa shape index (κ2) is 8.45. The Kier molecular flexibility index (Phi) is 7.32. The minimum Gasteiger partial charge on any atom is -0.399 e. The van der Waals surface area contributed by atoms with Crippen molar-refractivity contribution in [3.05, 3.63) is 29.8 Å². The van der Waals surface area contributed by atoms with Gasteiger partial charge in [0.1, 0.15) is 6.54 Å². The fourth-order valence-corrected chi connectivity index (χ4v) is 4.04. The number of benzene rings is 1. The van der Waals surface area contributed by atoms with Crippen molar-refractivity contribution in [2.24, 2.45) is 0 Å². The van der Waals surface area contributed by atoms with Crippen LogP contribution < -0.4 is 5.73 Å². The Morgan fingerprint density at radius 1 is 1.31 bits per heavy atom. The molecule has 11 heteroatoms. The van der Waals surface area contributed by atoms with Gasteiger partial charge in [0.05, 0.1) is 6.26 Å². The van der Waals surface area contributed by atoms with Crippen LogP contribution in [0.3, 0.4) is 0 Å². The fourth-order valence-electron chi connectivity index (χ4n) is 2.91. The number of amides is 1. The largest absolute Gasteiger partial charge is 0.402 e. The summed E-state index contributed by atoms with van der Waals surface area (Å²) in [5.74, 6) is -0.271. The number of rotatable bonds is 4. The number of nitrogens with two attached hydrogens (primary N) is 1. The molecular formula is C15H21ClF3N3O3S. The smallest absolute Gasteiger partial charge is 0.399 e. The first kappa shape index (κ1) is 22.5. The molecule has 26 heavy (non-hydrogen) atoms. The van der Waals surface area contributed by atoms with E-state index in [4.69, 9.17) is 5.73 Å². The van der Waals surface area contributed by atoms with Crippen LogP contribution in [0.5, 0.6) is 0 Å².